The molecule has 0 saturated heterocycles. The highest BCUT2D eigenvalue weighted by molar-refractivity contribution is 5.66. The minimum atomic E-state index is 0.304. The molecule has 1 aromatic rings. The molecule has 3 nitrogen and oxygen atoms in total. The van der Waals surface area contributed by atoms with Gasteiger partial charge in [-0.25, -0.2) is 0 Å². The molecule has 0 amide bonds. The van der Waals surface area contributed by atoms with Gasteiger partial charge in [-0.05, 0) is 25.0 Å². The highest BCUT2D eigenvalue weighted by atomic mass is 16.5. The summed E-state index contributed by atoms with van der Waals surface area (Å²) in [6.07, 6.45) is 3.26. The molecule has 0 heterocycles. The van der Waals surface area contributed by atoms with Crippen LogP contribution in [0, 0.1) is 6.23 Å². The lowest BCUT2D eigenvalue weighted by molar-refractivity contribution is -0.109. The summed E-state index contributed by atoms with van der Waals surface area (Å²) >= 11 is 0. The van der Waals surface area contributed by atoms with Crippen LogP contribution in [-0.2, 0) is 4.79 Å². The van der Waals surface area contributed by atoms with Crippen molar-refractivity contribution in [2.75, 3.05) is 0 Å². The van der Waals surface area contributed by atoms with Crippen LogP contribution in [0.4, 0.5) is 0 Å². The van der Waals surface area contributed by atoms with Crippen LogP contribution in [0.25, 0.3) is 0 Å². The lowest BCUT2D eigenvalue weighted by Crippen LogP contribution is -2.29. The average Bonchev–Trinajstić information content (AvgIpc) is 3.02. The van der Waals surface area contributed by atoms with Crippen LogP contribution in [0.1, 0.15) is 12.8 Å². The molecule has 1 N–H and O–H groups in total. The standard InChI is InChI=1S/C11H12NO2/c13-8-11(12-9-6-7-9)14-10-4-2-1-3-5-10/h1-5,8-9,12H,6-7H2. The van der Waals surface area contributed by atoms with Gasteiger partial charge in [0.05, 0.1) is 0 Å². The third kappa shape index (κ3) is 2.57. The van der Waals surface area contributed by atoms with Crippen molar-refractivity contribution in [1.82, 2.24) is 5.32 Å². The van der Waals surface area contributed by atoms with Crippen molar-refractivity contribution in [1.29, 1.82) is 0 Å². The highest BCUT2D eigenvalue weighted by Gasteiger charge is 2.26. The van der Waals surface area contributed by atoms with Gasteiger partial charge in [-0.1, -0.05) is 18.2 Å². The Labute approximate surface area is 83.1 Å². The summed E-state index contributed by atoms with van der Waals surface area (Å²) in [5.74, 6) is 0.683. The molecule has 1 radical (unpaired) electrons. The van der Waals surface area contributed by atoms with Gasteiger partial charge >= 0.3 is 0 Å². The van der Waals surface area contributed by atoms with Gasteiger partial charge in [0.15, 0.2) is 6.29 Å². The topological polar surface area (TPSA) is 38.3 Å². The molecule has 0 aromatic heterocycles. The molecule has 3 heteroatoms. The predicted octanol–water partition coefficient (Wildman–Crippen LogP) is 1.51. The monoisotopic (exact) mass is 190 g/mol. The van der Waals surface area contributed by atoms with Gasteiger partial charge in [-0.15, -0.1) is 0 Å². The zero-order valence-electron chi connectivity index (χ0n) is 7.77. The summed E-state index contributed by atoms with van der Waals surface area (Å²) < 4.78 is 5.35. The molecule has 1 aliphatic carbocycles. The Bertz CT molecular complexity index is 295. The number of benzene rings is 1. The van der Waals surface area contributed by atoms with E-state index in [-0.39, 0.29) is 0 Å². The zero-order chi connectivity index (χ0) is 9.80. The number of aldehydes is 1. The summed E-state index contributed by atoms with van der Waals surface area (Å²) in [4.78, 5) is 10.6. The quantitative estimate of drug-likeness (QED) is 0.715. The lowest BCUT2D eigenvalue weighted by atomic mass is 10.3. The molecule has 1 aliphatic rings. The van der Waals surface area contributed by atoms with Crippen molar-refractivity contribution >= 4 is 6.29 Å². The third-order valence-corrected chi connectivity index (χ3v) is 2.00. The van der Waals surface area contributed by atoms with Crippen molar-refractivity contribution in [3.63, 3.8) is 0 Å². The van der Waals surface area contributed by atoms with Crippen LogP contribution < -0.4 is 10.1 Å². The molecule has 1 fully saturated rings. The van der Waals surface area contributed by atoms with Crippen molar-refractivity contribution in [2.45, 2.75) is 18.9 Å². The van der Waals surface area contributed by atoms with Crippen LogP contribution in [0.2, 0.25) is 0 Å². The van der Waals surface area contributed by atoms with E-state index in [1.807, 2.05) is 30.3 Å². The fourth-order valence-electron chi connectivity index (χ4n) is 1.13. The van der Waals surface area contributed by atoms with Gasteiger partial charge in [-0.2, -0.15) is 0 Å². The Balaban J connectivity index is 1.90. The summed E-state index contributed by atoms with van der Waals surface area (Å²) in [5.41, 5.74) is 0. The van der Waals surface area contributed by atoms with Crippen LogP contribution in [-0.4, -0.2) is 12.3 Å². The van der Waals surface area contributed by atoms with Gasteiger partial charge in [0.1, 0.15) is 5.75 Å². The number of para-hydroxylation sites is 1. The number of carbonyl (C=O) groups is 1. The summed E-state index contributed by atoms with van der Waals surface area (Å²) in [7, 11) is 0. The van der Waals surface area contributed by atoms with Gasteiger partial charge in [0, 0.05) is 6.04 Å². The smallest absolute Gasteiger partial charge is 0.278 e. The van der Waals surface area contributed by atoms with E-state index in [9.17, 15) is 4.79 Å². The molecule has 0 spiro atoms. The first-order chi connectivity index (χ1) is 6.88. The summed E-state index contributed by atoms with van der Waals surface area (Å²) in [6.45, 7) is 0. The van der Waals surface area contributed by atoms with Crippen LogP contribution in [0.15, 0.2) is 30.3 Å². The minimum absolute atomic E-state index is 0.304. The van der Waals surface area contributed by atoms with Crippen LogP contribution in [0.3, 0.4) is 0 Å². The summed E-state index contributed by atoms with van der Waals surface area (Å²) in [5, 5.41) is 3.02. The minimum Gasteiger partial charge on any atom is -0.459 e. The van der Waals surface area contributed by atoms with Crippen LogP contribution in [0.5, 0.6) is 5.75 Å². The first-order valence-electron chi connectivity index (χ1n) is 4.70. The molecule has 1 saturated carbocycles. The van der Waals surface area contributed by atoms with Gasteiger partial charge in [0.25, 0.3) is 6.23 Å². The fraction of sp³-hybridized carbons (Fsp3) is 0.273. The van der Waals surface area contributed by atoms with Gasteiger partial charge in [0.2, 0.25) is 0 Å². The van der Waals surface area contributed by atoms with Gasteiger partial charge in [-0.3, -0.25) is 10.1 Å². The van der Waals surface area contributed by atoms with E-state index in [1.54, 1.807) is 0 Å². The van der Waals surface area contributed by atoms with Crippen LogP contribution >= 0.6 is 0 Å². The van der Waals surface area contributed by atoms with E-state index >= 15 is 0 Å². The van der Waals surface area contributed by atoms with Crippen molar-refractivity contribution < 1.29 is 9.53 Å². The highest BCUT2D eigenvalue weighted by Crippen LogP contribution is 2.21. The SMILES string of the molecule is O=C[C](NC1CC1)Oc1ccccc1. The zero-order valence-corrected chi connectivity index (χ0v) is 7.77. The molecule has 14 heavy (non-hydrogen) atoms. The molecule has 0 bridgehead atoms. The molecule has 0 atom stereocenters. The fourth-order valence-corrected chi connectivity index (χ4v) is 1.13. The number of hydrogen-bond acceptors (Lipinski definition) is 3. The van der Waals surface area contributed by atoms with Crippen molar-refractivity contribution in [2.24, 2.45) is 0 Å². The second kappa shape index (κ2) is 4.24. The number of nitrogens with one attached hydrogen (secondary N) is 1. The van der Waals surface area contributed by atoms with E-state index < -0.39 is 0 Å². The van der Waals surface area contributed by atoms with E-state index in [0.29, 0.717) is 24.3 Å². The second-order valence-corrected chi connectivity index (χ2v) is 3.32. The number of ether oxygens (including phenoxy) is 1. The average molecular weight is 190 g/mol. The maximum Gasteiger partial charge on any atom is 0.278 e. The van der Waals surface area contributed by atoms with Gasteiger partial charge < -0.3 is 4.74 Å². The van der Waals surface area contributed by atoms with E-state index in [1.165, 1.54) is 0 Å². The Hall–Kier alpha value is -1.35. The Morgan fingerprint density at radius 2 is 2.07 bits per heavy atom. The lowest BCUT2D eigenvalue weighted by Gasteiger charge is -2.12. The molecular weight excluding hydrogens is 178 g/mol. The van der Waals surface area contributed by atoms with E-state index in [2.05, 4.69) is 5.32 Å². The molecule has 73 valence electrons. The number of rotatable bonds is 5. The molecule has 1 aromatic carbocycles. The molecule has 2 rings (SSSR count). The first kappa shape index (κ1) is 9.21. The Morgan fingerprint density at radius 3 is 2.64 bits per heavy atom. The van der Waals surface area contributed by atoms with E-state index in [0.717, 1.165) is 12.8 Å². The van der Waals surface area contributed by atoms with Crippen molar-refractivity contribution in [3.05, 3.63) is 36.6 Å². The maximum atomic E-state index is 10.6. The maximum absolute atomic E-state index is 10.6. The normalized spacial score (nSPS) is 15.5. The predicted molar refractivity (Wildman–Crippen MR) is 52.5 cm³/mol. The number of hydrogen-bond donors (Lipinski definition) is 1. The summed E-state index contributed by atoms with van der Waals surface area (Å²) in [6, 6.07) is 9.71. The Kier molecular flexibility index (Phi) is 2.79. The Morgan fingerprint density at radius 1 is 1.36 bits per heavy atom. The third-order valence-electron chi connectivity index (χ3n) is 2.00. The van der Waals surface area contributed by atoms with E-state index in [4.69, 9.17) is 4.74 Å². The largest absolute Gasteiger partial charge is 0.459 e. The van der Waals surface area contributed by atoms with Crippen molar-refractivity contribution in [3.8, 4) is 5.75 Å². The molecule has 0 aliphatic heterocycles. The second-order valence-electron chi connectivity index (χ2n) is 3.32. The first-order valence-corrected chi connectivity index (χ1v) is 4.70. The molecule has 0 unspecified atom stereocenters. The number of carbonyl (C=O) groups excluding carboxylic acids is 1. The molecular formula is C11H12NO2.